The topological polar surface area (TPSA) is 137 Å². The zero-order chi connectivity index (χ0) is 20.7. The lowest BCUT2D eigenvalue weighted by molar-refractivity contribution is -0.385. The van der Waals surface area contributed by atoms with Gasteiger partial charge in [-0.2, -0.15) is 5.10 Å². The number of carbonyl (C=O) groups is 2. The molecule has 0 atom stereocenters. The van der Waals surface area contributed by atoms with Crippen molar-refractivity contribution < 1.29 is 19.6 Å². The summed E-state index contributed by atoms with van der Waals surface area (Å²) in [4.78, 5) is 33.8. The molecule has 2 rings (SSSR count). The number of hydrazone groups is 1. The number of nitrogens with zero attached hydrogens (tertiary/aromatic N) is 2. The molecule has 0 saturated heterocycles. The van der Waals surface area contributed by atoms with Crippen molar-refractivity contribution in [2.75, 3.05) is 5.32 Å². The fourth-order valence-electron chi connectivity index (χ4n) is 2.25. The van der Waals surface area contributed by atoms with Crippen molar-refractivity contribution in [2.45, 2.75) is 26.7 Å². The minimum atomic E-state index is -0.635. The highest BCUT2D eigenvalue weighted by atomic mass is 16.6. The molecule has 0 aromatic heterocycles. The van der Waals surface area contributed by atoms with Gasteiger partial charge in [0.25, 0.3) is 5.69 Å². The van der Waals surface area contributed by atoms with Gasteiger partial charge in [-0.25, -0.2) is 5.43 Å². The molecule has 0 saturated carbocycles. The highest BCUT2D eigenvalue weighted by molar-refractivity contribution is 5.93. The van der Waals surface area contributed by atoms with Gasteiger partial charge in [0.15, 0.2) is 0 Å². The Bertz CT molecular complexity index is 940. The minimum Gasteiger partial charge on any atom is -0.872 e. The number of benzene rings is 2. The largest absolute Gasteiger partial charge is 0.872 e. The van der Waals surface area contributed by atoms with Crippen molar-refractivity contribution in [1.82, 2.24) is 5.43 Å². The summed E-state index contributed by atoms with van der Waals surface area (Å²) in [6.07, 6.45) is 0.882. The van der Waals surface area contributed by atoms with Crippen molar-refractivity contribution >= 4 is 29.4 Å². The van der Waals surface area contributed by atoms with E-state index >= 15 is 0 Å². The second-order valence-corrected chi connectivity index (χ2v) is 6.12. The predicted molar refractivity (Wildman–Crippen MR) is 102 cm³/mol. The summed E-state index contributed by atoms with van der Waals surface area (Å²) < 4.78 is 0. The third-order valence-corrected chi connectivity index (χ3v) is 3.97. The van der Waals surface area contributed by atoms with Crippen LogP contribution in [0.2, 0.25) is 0 Å². The third-order valence-electron chi connectivity index (χ3n) is 3.97. The molecule has 0 radical (unpaired) electrons. The molecule has 2 aromatic rings. The smallest absolute Gasteiger partial charge is 0.270 e. The molecule has 0 aliphatic rings. The SMILES string of the molecule is Cc1ccc(NC(=O)CCC(=O)N/N=C\c2cc([N+](=O)[O-])ccc2[O-])cc1C. The van der Waals surface area contributed by atoms with E-state index in [1.165, 1.54) is 0 Å². The van der Waals surface area contributed by atoms with Crippen LogP contribution in [0.4, 0.5) is 11.4 Å². The summed E-state index contributed by atoms with van der Waals surface area (Å²) in [7, 11) is 0. The second kappa shape index (κ2) is 9.26. The number of nitro groups is 1. The van der Waals surface area contributed by atoms with Crippen LogP contribution in [0.25, 0.3) is 0 Å². The maximum atomic E-state index is 11.9. The molecule has 28 heavy (non-hydrogen) atoms. The molecule has 0 aliphatic carbocycles. The van der Waals surface area contributed by atoms with Crippen LogP contribution >= 0.6 is 0 Å². The van der Waals surface area contributed by atoms with Crippen molar-refractivity contribution in [3.63, 3.8) is 0 Å². The molecule has 2 aromatic carbocycles. The molecule has 2 N–H and O–H groups in total. The summed E-state index contributed by atoms with van der Waals surface area (Å²) in [6, 6.07) is 8.73. The van der Waals surface area contributed by atoms with Crippen LogP contribution in [0.5, 0.6) is 5.75 Å². The average Bonchev–Trinajstić information content (AvgIpc) is 2.64. The van der Waals surface area contributed by atoms with Gasteiger partial charge in [-0.1, -0.05) is 17.9 Å². The van der Waals surface area contributed by atoms with E-state index in [4.69, 9.17) is 0 Å². The highest BCUT2D eigenvalue weighted by Gasteiger charge is 2.08. The number of anilines is 1. The number of amides is 2. The number of nitrogens with one attached hydrogen (secondary N) is 2. The molecule has 9 nitrogen and oxygen atoms in total. The van der Waals surface area contributed by atoms with Crippen molar-refractivity contribution in [2.24, 2.45) is 5.10 Å². The maximum Gasteiger partial charge on any atom is 0.270 e. The fraction of sp³-hybridized carbons (Fsp3) is 0.211. The fourth-order valence-corrected chi connectivity index (χ4v) is 2.25. The number of rotatable bonds is 7. The molecule has 0 aliphatic heterocycles. The predicted octanol–water partition coefficient (Wildman–Crippen LogP) is 2.15. The molecule has 2 amide bonds. The Kier molecular flexibility index (Phi) is 6.80. The first-order chi connectivity index (χ1) is 13.3. The third kappa shape index (κ3) is 5.90. The van der Waals surface area contributed by atoms with Crippen LogP contribution in [-0.2, 0) is 9.59 Å². The van der Waals surface area contributed by atoms with Crippen LogP contribution in [0.1, 0.15) is 29.5 Å². The number of carbonyl (C=O) groups excluding carboxylic acids is 2. The molecule has 146 valence electrons. The zero-order valence-corrected chi connectivity index (χ0v) is 15.4. The van der Waals surface area contributed by atoms with Gasteiger partial charge in [0.2, 0.25) is 11.8 Å². The van der Waals surface area contributed by atoms with Crippen LogP contribution in [0, 0.1) is 24.0 Å². The number of non-ortho nitro benzene ring substituents is 1. The molecule has 0 unspecified atom stereocenters. The van der Waals surface area contributed by atoms with Gasteiger partial charge in [0.05, 0.1) is 11.1 Å². The van der Waals surface area contributed by atoms with E-state index in [1.54, 1.807) is 6.07 Å². The molecule has 9 heteroatoms. The van der Waals surface area contributed by atoms with Crippen LogP contribution < -0.4 is 15.8 Å². The summed E-state index contributed by atoms with van der Waals surface area (Å²) in [6.45, 7) is 3.90. The first-order valence-electron chi connectivity index (χ1n) is 8.40. The van der Waals surface area contributed by atoms with Gasteiger partial charge < -0.3 is 10.4 Å². The van der Waals surface area contributed by atoms with Gasteiger partial charge in [0.1, 0.15) is 0 Å². The lowest BCUT2D eigenvalue weighted by Gasteiger charge is -2.08. The van der Waals surface area contributed by atoms with Crippen molar-refractivity contribution in [3.8, 4) is 5.75 Å². The Morgan fingerprint density at radius 1 is 1.07 bits per heavy atom. The zero-order valence-electron chi connectivity index (χ0n) is 15.4. The highest BCUT2D eigenvalue weighted by Crippen LogP contribution is 2.19. The molecule has 0 heterocycles. The van der Waals surface area contributed by atoms with Gasteiger partial charge in [-0.3, -0.25) is 19.7 Å². The van der Waals surface area contributed by atoms with Gasteiger partial charge in [-0.05, 0) is 42.7 Å². The Morgan fingerprint density at radius 3 is 2.46 bits per heavy atom. The lowest BCUT2D eigenvalue weighted by atomic mass is 10.1. The number of nitro benzene ring substituents is 1. The molecule has 0 bridgehead atoms. The quantitative estimate of drug-likeness (QED) is 0.429. The number of hydrogen-bond acceptors (Lipinski definition) is 6. The Hall–Kier alpha value is -3.75. The van der Waals surface area contributed by atoms with E-state index < -0.39 is 16.6 Å². The first-order valence-corrected chi connectivity index (χ1v) is 8.40. The second-order valence-electron chi connectivity index (χ2n) is 6.12. The standard InChI is InChI=1S/C19H20N4O5/c1-12-3-4-15(9-13(12)2)21-18(25)7-8-19(26)22-20-11-14-10-16(23(27)28)5-6-17(14)24/h3-6,9-11,24H,7-8H2,1-2H3,(H,21,25)(H,22,26)/p-1/b20-11-. The van der Waals surface area contributed by atoms with E-state index in [-0.39, 0.29) is 30.0 Å². The summed E-state index contributed by atoms with van der Waals surface area (Å²) in [5.74, 6) is -1.30. The molecule has 0 spiro atoms. The Morgan fingerprint density at radius 2 is 1.79 bits per heavy atom. The first kappa shape index (κ1) is 20.6. The van der Waals surface area contributed by atoms with Gasteiger partial charge in [-0.15, -0.1) is 0 Å². The molecular formula is C19H19N4O5-. The summed E-state index contributed by atoms with van der Waals surface area (Å²) in [5, 5.41) is 28.7. The minimum absolute atomic E-state index is 0.0259. The van der Waals surface area contributed by atoms with Gasteiger partial charge >= 0.3 is 0 Å². The number of hydrogen-bond donors (Lipinski definition) is 2. The van der Waals surface area contributed by atoms with Crippen molar-refractivity contribution in [1.29, 1.82) is 0 Å². The Balaban J connectivity index is 1.83. The van der Waals surface area contributed by atoms with Crippen LogP contribution in [0.3, 0.4) is 0 Å². The average molecular weight is 383 g/mol. The van der Waals surface area contributed by atoms with Crippen molar-refractivity contribution in [3.05, 3.63) is 63.2 Å². The molecular weight excluding hydrogens is 364 g/mol. The van der Waals surface area contributed by atoms with Gasteiger partial charge in [0, 0.05) is 30.7 Å². The van der Waals surface area contributed by atoms with E-state index in [2.05, 4.69) is 15.8 Å². The lowest BCUT2D eigenvalue weighted by Crippen LogP contribution is -2.20. The molecule has 0 fully saturated rings. The normalized spacial score (nSPS) is 10.6. The Labute approximate surface area is 161 Å². The van der Waals surface area contributed by atoms with E-state index in [0.717, 1.165) is 35.5 Å². The van der Waals surface area contributed by atoms with E-state index in [1.807, 2.05) is 26.0 Å². The van der Waals surface area contributed by atoms with E-state index in [0.29, 0.717) is 5.69 Å². The summed E-state index contributed by atoms with van der Waals surface area (Å²) >= 11 is 0. The van der Waals surface area contributed by atoms with Crippen LogP contribution in [-0.4, -0.2) is 23.0 Å². The van der Waals surface area contributed by atoms with Crippen LogP contribution in [0.15, 0.2) is 41.5 Å². The number of aryl methyl sites for hydroxylation is 2. The van der Waals surface area contributed by atoms with E-state index in [9.17, 15) is 24.8 Å². The monoisotopic (exact) mass is 383 g/mol. The summed E-state index contributed by atoms with van der Waals surface area (Å²) in [5.41, 5.74) is 4.71. The maximum absolute atomic E-state index is 11.9.